The number of amides is 2. The summed E-state index contributed by atoms with van der Waals surface area (Å²) in [5.74, 6) is 1.30. The smallest absolute Gasteiger partial charge is 0.273 e. The van der Waals surface area contributed by atoms with Crippen LogP contribution in [0, 0.1) is 0 Å². The van der Waals surface area contributed by atoms with Crippen molar-refractivity contribution in [2.75, 3.05) is 14.2 Å². The Labute approximate surface area is 207 Å². The van der Waals surface area contributed by atoms with Gasteiger partial charge >= 0.3 is 0 Å². The molecule has 0 unspecified atom stereocenters. The van der Waals surface area contributed by atoms with Crippen LogP contribution >= 0.6 is 0 Å². The van der Waals surface area contributed by atoms with Crippen LogP contribution in [0.15, 0.2) is 24.3 Å². The standard InChI is InChI=1S/C27H36N4O4/c1-27(26(33)28-20-10-6-4-5-7-11-20)17-31-22(15-21(29-31)18-13-14-18)25(32)30(27)16-19-9-8-12-23(34-2)24(19)35-3/h8-9,12,15,18,20H,4-7,10-11,13-14,16-17H2,1-3H3,(H,28,33)/t27-/m1/s1. The van der Waals surface area contributed by atoms with Gasteiger partial charge in [0, 0.05) is 17.5 Å². The molecule has 5 rings (SSSR count). The molecule has 1 aromatic carbocycles. The number of benzene rings is 1. The van der Waals surface area contributed by atoms with Crippen molar-refractivity contribution in [2.45, 2.75) is 88.9 Å². The first-order chi connectivity index (χ1) is 16.9. The number of nitrogens with zero attached hydrogens (tertiary/aromatic N) is 3. The van der Waals surface area contributed by atoms with E-state index < -0.39 is 5.54 Å². The quantitative estimate of drug-likeness (QED) is 0.605. The summed E-state index contributed by atoms with van der Waals surface area (Å²) >= 11 is 0. The summed E-state index contributed by atoms with van der Waals surface area (Å²) in [4.78, 5) is 29.5. The van der Waals surface area contributed by atoms with Crippen molar-refractivity contribution in [3.8, 4) is 11.5 Å². The zero-order chi connectivity index (χ0) is 24.6. The number of hydrogen-bond acceptors (Lipinski definition) is 5. The number of nitrogens with one attached hydrogen (secondary N) is 1. The molecule has 2 amide bonds. The number of fused-ring (bicyclic) bond motifs is 1. The van der Waals surface area contributed by atoms with Gasteiger partial charge in [-0.05, 0) is 44.7 Å². The van der Waals surface area contributed by atoms with Gasteiger partial charge in [-0.3, -0.25) is 14.3 Å². The second-order valence-electron chi connectivity index (χ2n) is 10.4. The van der Waals surface area contributed by atoms with E-state index in [2.05, 4.69) is 5.32 Å². The van der Waals surface area contributed by atoms with Crippen molar-refractivity contribution in [1.82, 2.24) is 20.0 Å². The van der Waals surface area contributed by atoms with E-state index in [1.54, 1.807) is 23.8 Å². The first-order valence-corrected chi connectivity index (χ1v) is 12.8. The fourth-order valence-electron chi connectivity index (χ4n) is 5.50. The molecule has 35 heavy (non-hydrogen) atoms. The number of aromatic nitrogens is 2. The summed E-state index contributed by atoms with van der Waals surface area (Å²) in [6, 6.07) is 7.68. The maximum Gasteiger partial charge on any atom is 0.273 e. The molecule has 2 aliphatic carbocycles. The van der Waals surface area contributed by atoms with Crippen LogP contribution in [0.4, 0.5) is 0 Å². The fourth-order valence-corrected chi connectivity index (χ4v) is 5.50. The summed E-state index contributed by atoms with van der Waals surface area (Å²) in [5.41, 5.74) is 1.22. The molecule has 3 aliphatic rings. The molecule has 2 aromatic rings. The molecule has 0 saturated heterocycles. The van der Waals surface area contributed by atoms with Crippen molar-refractivity contribution in [3.63, 3.8) is 0 Å². The first-order valence-electron chi connectivity index (χ1n) is 12.8. The van der Waals surface area contributed by atoms with Crippen LogP contribution in [-0.2, 0) is 17.9 Å². The maximum atomic E-state index is 13.9. The molecule has 8 nitrogen and oxygen atoms in total. The number of hydrogen-bond donors (Lipinski definition) is 1. The average molecular weight is 481 g/mol. The lowest BCUT2D eigenvalue weighted by molar-refractivity contribution is -0.134. The minimum absolute atomic E-state index is 0.117. The van der Waals surface area contributed by atoms with Gasteiger partial charge < -0.3 is 19.7 Å². The van der Waals surface area contributed by atoms with Crippen molar-refractivity contribution < 1.29 is 19.1 Å². The normalized spacial score (nSPS) is 22.9. The Kier molecular flexibility index (Phi) is 6.47. The average Bonchev–Trinajstić information content (AvgIpc) is 3.66. The Morgan fingerprint density at radius 1 is 1.11 bits per heavy atom. The second kappa shape index (κ2) is 9.55. The summed E-state index contributed by atoms with van der Waals surface area (Å²) < 4.78 is 12.9. The SMILES string of the molecule is COc1cccc(CN2C(=O)c3cc(C4CC4)nn3C[C@]2(C)C(=O)NC2CCCCCC2)c1OC. The molecule has 1 aromatic heterocycles. The molecule has 2 fully saturated rings. The van der Waals surface area contributed by atoms with Gasteiger partial charge in [0.05, 0.1) is 33.0 Å². The molecule has 2 saturated carbocycles. The monoisotopic (exact) mass is 480 g/mol. The predicted molar refractivity (Wildman–Crippen MR) is 132 cm³/mol. The minimum Gasteiger partial charge on any atom is -0.493 e. The highest BCUT2D eigenvalue weighted by Crippen LogP contribution is 2.41. The van der Waals surface area contributed by atoms with E-state index >= 15 is 0 Å². The molecular formula is C27H36N4O4. The van der Waals surface area contributed by atoms with E-state index in [1.165, 1.54) is 12.8 Å². The van der Waals surface area contributed by atoms with Crippen LogP contribution in [0.2, 0.25) is 0 Å². The minimum atomic E-state index is -1.09. The van der Waals surface area contributed by atoms with Gasteiger partial charge in [0.1, 0.15) is 11.2 Å². The fraction of sp³-hybridized carbons (Fsp3) is 0.593. The van der Waals surface area contributed by atoms with Crippen LogP contribution in [0.25, 0.3) is 0 Å². The lowest BCUT2D eigenvalue weighted by Gasteiger charge is -2.44. The molecule has 0 bridgehead atoms. The van der Waals surface area contributed by atoms with Crippen LogP contribution in [-0.4, -0.2) is 52.3 Å². The van der Waals surface area contributed by atoms with E-state index in [0.717, 1.165) is 49.8 Å². The van der Waals surface area contributed by atoms with Gasteiger partial charge in [-0.25, -0.2) is 0 Å². The molecular weight excluding hydrogens is 444 g/mol. The molecule has 0 spiro atoms. The summed E-state index contributed by atoms with van der Waals surface area (Å²) in [6.45, 7) is 2.42. The molecule has 8 heteroatoms. The Balaban J connectivity index is 1.50. The number of para-hydroxylation sites is 1. The van der Waals surface area contributed by atoms with Gasteiger partial charge in [0.15, 0.2) is 11.5 Å². The van der Waals surface area contributed by atoms with Gasteiger partial charge in [-0.1, -0.05) is 37.8 Å². The zero-order valence-corrected chi connectivity index (χ0v) is 21.0. The van der Waals surface area contributed by atoms with Gasteiger partial charge in [0.2, 0.25) is 5.91 Å². The third-order valence-corrected chi connectivity index (χ3v) is 7.80. The van der Waals surface area contributed by atoms with Crippen molar-refractivity contribution in [2.24, 2.45) is 0 Å². The zero-order valence-electron chi connectivity index (χ0n) is 21.0. The summed E-state index contributed by atoms with van der Waals surface area (Å²) in [7, 11) is 3.18. The van der Waals surface area contributed by atoms with Gasteiger partial charge in [-0.2, -0.15) is 5.10 Å². The number of carbonyl (C=O) groups excluding carboxylic acids is 2. The highest BCUT2D eigenvalue weighted by Gasteiger charge is 2.49. The Hall–Kier alpha value is -3.03. The first kappa shape index (κ1) is 23.7. The number of carbonyl (C=O) groups is 2. The van der Waals surface area contributed by atoms with Crippen LogP contribution in [0.1, 0.15) is 86.0 Å². The number of methoxy groups -OCH3 is 2. The molecule has 1 N–H and O–H groups in total. The highest BCUT2D eigenvalue weighted by atomic mass is 16.5. The summed E-state index contributed by atoms with van der Waals surface area (Å²) in [6.07, 6.45) is 8.86. The molecule has 2 heterocycles. The second-order valence-corrected chi connectivity index (χ2v) is 10.4. The Bertz CT molecular complexity index is 1100. The lowest BCUT2D eigenvalue weighted by Crippen LogP contribution is -2.64. The molecule has 0 radical (unpaired) electrons. The molecule has 1 atom stereocenters. The van der Waals surface area contributed by atoms with E-state index in [1.807, 2.05) is 31.2 Å². The highest BCUT2D eigenvalue weighted by molar-refractivity contribution is 5.99. The molecule has 188 valence electrons. The third-order valence-electron chi connectivity index (χ3n) is 7.80. The third kappa shape index (κ3) is 4.50. The lowest BCUT2D eigenvalue weighted by atomic mass is 9.93. The van der Waals surface area contributed by atoms with Crippen molar-refractivity contribution in [1.29, 1.82) is 0 Å². The van der Waals surface area contributed by atoms with Crippen LogP contribution in [0.5, 0.6) is 11.5 Å². The van der Waals surface area contributed by atoms with Crippen molar-refractivity contribution in [3.05, 3.63) is 41.2 Å². The van der Waals surface area contributed by atoms with Crippen LogP contribution in [0.3, 0.4) is 0 Å². The predicted octanol–water partition coefficient (Wildman–Crippen LogP) is 4.03. The van der Waals surface area contributed by atoms with Gasteiger partial charge in [-0.15, -0.1) is 0 Å². The molecule has 1 aliphatic heterocycles. The van der Waals surface area contributed by atoms with E-state index in [9.17, 15) is 9.59 Å². The Morgan fingerprint density at radius 2 is 1.86 bits per heavy atom. The van der Waals surface area contributed by atoms with E-state index in [-0.39, 0.29) is 24.4 Å². The van der Waals surface area contributed by atoms with E-state index in [0.29, 0.717) is 29.7 Å². The van der Waals surface area contributed by atoms with Gasteiger partial charge in [0.25, 0.3) is 5.91 Å². The number of ether oxygens (including phenoxy) is 2. The summed E-state index contributed by atoms with van der Waals surface area (Å²) in [5, 5.41) is 8.05. The maximum absolute atomic E-state index is 13.9. The topological polar surface area (TPSA) is 85.7 Å². The Morgan fingerprint density at radius 3 is 2.51 bits per heavy atom. The number of rotatable bonds is 7. The van der Waals surface area contributed by atoms with E-state index in [4.69, 9.17) is 14.6 Å². The largest absolute Gasteiger partial charge is 0.493 e. The van der Waals surface area contributed by atoms with Crippen LogP contribution < -0.4 is 14.8 Å². The van der Waals surface area contributed by atoms with Crippen molar-refractivity contribution >= 4 is 11.8 Å².